The molecule has 0 spiro atoms. The molecular weight excluding hydrogens is 248 g/mol. The Morgan fingerprint density at radius 2 is 2.11 bits per heavy atom. The molecule has 0 heterocycles. The summed E-state index contributed by atoms with van der Waals surface area (Å²) in [5.41, 5.74) is 0. The van der Waals surface area contributed by atoms with Crippen LogP contribution in [0.5, 0.6) is 0 Å². The molecule has 19 heavy (non-hydrogen) atoms. The van der Waals surface area contributed by atoms with Crippen LogP contribution in [-0.2, 0) is 9.53 Å². The van der Waals surface area contributed by atoms with Gasteiger partial charge in [0, 0.05) is 19.2 Å². The summed E-state index contributed by atoms with van der Waals surface area (Å²) >= 11 is 0. The summed E-state index contributed by atoms with van der Waals surface area (Å²) in [7, 11) is 0. The van der Waals surface area contributed by atoms with E-state index in [1.54, 1.807) is 0 Å². The lowest BCUT2D eigenvalue weighted by atomic mass is 10.0. The first-order chi connectivity index (χ1) is 9.15. The number of rotatable bonds is 8. The molecule has 2 unspecified atom stereocenters. The summed E-state index contributed by atoms with van der Waals surface area (Å²) in [6.45, 7) is 3.74. The second-order valence-electron chi connectivity index (χ2n) is 4.85. The fraction of sp³-hybridized carbons (Fsp3) is 0.846. The van der Waals surface area contributed by atoms with Gasteiger partial charge in [-0.1, -0.05) is 19.8 Å². The summed E-state index contributed by atoms with van der Waals surface area (Å²) in [5, 5.41) is 14.4. The minimum absolute atomic E-state index is 0.251. The van der Waals surface area contributed by atoms with Crippen LogP contribution in [0.3, 0.4) is 0 Å². The number of aliphatic carboxylic acids is 1. The highest BCUT2D eigenvalue weighted by Crippen LogP contribution is 2.25. The average Bonchev–Trinajstić information content (AvgIpc) is 2.81. The third kappa shape index (κ3) is 5.92. The zero-order chi connectivity index (χ0) is 14.1. The maximum Gasteiger partial charge on any atom is 0.315 e. The van der Waals surface area contributed by atoms with Gasteiger partial charge in [-0.3, -0.25) is 4.79 Å². The van der Waals surface area contributed by atoms with Gasteiger partial charge in [-0.25, -0.2) is 4.79 Å². The van der Waals surface area contributed by atoms with Gasteiger partial charge in [0.05, 0.1) is 12.5 Å². The molecule has 0 radical (unpaired) electrons. The number of carboxylic acid groups (broad SMARTS) is 1. The second-order valence-corrected chi connectivity index (χ2v) is 4.85. The molecule has 0 aromatic carbocycles. The third-order valence-corrected chi connectivity index (χ3v) is 3.32. The number of ether oxygens (including phenoxy) is 1. The van der Waals surface area contributed by atoms with Crippen LogP contribution < -0.4 is 10.6 Å². The third-order valence-electron chi connectivity index (χ3n) is 3.32. The van der Waals surface area contributed by atoms with Crippen molar-refractivity contribution in [2.45, 2.75) is 45.1 Å². The molecule has 3 N–H and O–H groups in total. The number of hydrogen-bond acceptors (Lipinski definition) is 3. The van der Waals surface area contributed by atoms with Gasteiger partial charge in [0.25, 0.3) is 0 Å². The largest absolute Gasteiger partial charge is 0.481 e. The minimum Gasteiger partial charge on any atom is -0.481 e. The highest BCUT2D eigenvalue weighted by Gasteiger charge is 2.33. The van der Waals surface area contributed by atoms with Crippen LogP contribution in [0, 0.1) is 5.92 Å². The summed E-state index contributed by atoms with van der Waals surface area (Å²) in [4.78, 5) is 22.5. The lowest BCUT2D eigenvalue weighted by Crippen LogP contribution is -2.46. The van der Waals surface area contributed by atoms with Gasteiger partial charge in [-0.05, 0) is 19.3 Å². The molecule has 0 aromatic heterocycles. The number of carboxylic acids is 1. The van der Waals surface area contributed by atoms with Crippen LogP contribution in [0.4, 0.5) is 4.79 Å². The molecule has 1 fully saturated rings. The van der Waals surface area contributed by atoms with Crippen LogP contribution >= 0.6 is 0 Å². The number of hydrogen-bond donors (Lipinski definition) is 3. The normalized spacial score (nSPS) is 22.2. The zero-order valence-electron chi connectivity index (χ0n) is 11.5. The van der Waals surface area contributed by atoms with Gasteiger partial charge in [0.2, 0.25) is 0 Å². The summed E-state index contributed by atoms with van der Waals surface area (Å²) < 4.78 is 5.32. The van der Waals surface area contributed by atoms with Crippen molar-refractivity contribution in [2.24, 2.45) is 5.92 Å². The van der Waals surface area contributed by atoms with E-state index in [0.717, 1.165) is 25.7 Å². The van der Waals surface area contributed by atoms with E-state index in [4.69, 9.17) is 9.84 Å². The van der Waals surface area contributed by atoms with Crippen LogP contribution in [0.15, 0.2) is 0 Å². The van der Waals surface area contributed by atoms with E-state index >= 15 is 0 Å². The summed E-state index contributed by atoms with van der Waals surface area (Å²) in [6, 6.07) is -0.559. The maximum atomic E-state index is 11.6. The van der Waals surface area contributed by atoms with Crippen molar-refractivity contribution in [1.29, 1.82) is 0 Å². The van der Waals surface area contributed by atoms with Crippen molar-refractivity contribution in [1.82, 2.24) is 10.6 Å². The van der Waals surface area contributed by atoms with Crippen molar-refractivity contribution in [3.8, 4) is 0 Å². The number of unbranched alkanes of at least 4 members (excludes halogenated alkanes) is 1. The lowest BCUT2D eigenvalue weighted by Gasteiger charge is -2.17. The molecule has 0 bridgehead atoms. The molecule has 1 aliphatic rings. The Morgan fingerprint density at radius 1 is 1.32 bits per heavy atom. The summed E-state index contributed by atoms with van der Waals surface area (Å²) in [6.07, 6.45) is 4.33. The number of carbonyl (C=O) groups is 2. The Balaban J connectivity index is 2.12. The number of urea groups is 1. The highest BCUT2D eigenvalue weighted by atomic mass is 16.5. The van der Waals surface area contributed by atoms with Gasteiger partial charge < -0.3 is 20.5 Å². The first-order valence-electron chi connectivity index (χ1n) is 7.00. The Bertz CT molecular complexity index is 296. The SMILES string of the molecule is CCCCOCCNC(=O)NC1CCCC1C(=O)O. The maximum absolute atomic E-state index is 11.6. The standard InChI is InChI=1S/C13H24N2O4/c1-2-3-8-19-9-7-14-13(18)15-11-6-4-5-10(11)12(16)17/h10-11H,2-9H2,1H3,(H,16,17)(H2,14,15,18). The fourth-order valence-corrected chi connectivity index (χ4v) is 2.23. The zero-order valence-corrected chi connectivity index (χ0v) is 11.5. The second kappa shape index (κ2) is 8.74. The molecule has 1 saturated carbocycles. The van der Waals surface area contributed by atoms with E-state index in [1.165, 1.54) is 0 Å². The molecule has 1 aliphatic carbocycles. The van der Waals surface area contributed by atoms with Gasteiger partial charge in [-0.2, -0.15) is 0 Å². The first-order valence-corrected chi connectivity index (χ1v) is 7.00. The molecule has 2 amide bonds. The van der Waals surface area contributed by atoms with Crippen molar-refractivity contribution in [3.05, 3.63) is 0 Å². The monoisotopic (exact) mass is 272 g/mol. The number of nitrogens with one attached hydrogen (secondary N) is 2. The molecule has 110 valence electrons. The van der Waals surface area contributed by atoms with Gasteiger partial charge in [0.15, 0.2) is 0 Å². The predicted molar refractivity (Wildman–Crippen MR) is 71.0 cm³/mol. The van der Waals surface area contributed by atoms with Crippen molar-refractivity contribution in [3.63, 3.8) is 0 Å². The van der Waals surface area contributed by atoms with E-state index < -0.39 is 11.9 Å². The fourth-order valence-electron chi connectivity index (χ4n) is 2.23. The van der Waals surface area contributed by atoms with E-state index in [1.807, 2.05) is 0 Å². The van der Waals surface area contributed by atoms with E-state index in [-0.39, 0.29) is 12.1 Å². The van der Waals surface area contributed by atoms with Crippen molar-refractivity contribution >= 4 is 12.0 Å². The molecular formula is C13H24N2O4. The Labute approximate surface area is 113 Å². The van der Waals surface area contributed by atoms with Crippen LogP contribution in [0.2, 0.25) is 0 Å². The van der Waals surface area contributed by atoms with E-state index in [0.29, 0.717) is 26.2 Å². The van der Waals surface area contributed by atoms with Crippen molar-refractivity contribution < 1.29 is 19.4 Å². The van der Waals surface area contributed by atoms with Crippen molar-refractivity contribution in [2.75, 3.05) is 19.8 Å². The van der Waals surface area contributed by atoms with E-state index in [9.17, 15) is 9.59 Å². The number of amides is 2. The molecule has 1 rings (SSSR count). The number of carbonyl (C=O) groups excluding carboxylic acids is 1. The van der Waals surface area contributed by atoms with Gasteiger partial charge >= 0.3 is 12.0 Å². The molecule has 0 aliphatic heterocycles. The molecule has 6 heteroatoms. The quantitative estimate of drug-likeness (QED) is 0.582. The summed E-state index contributed by atoms with van der Waals surface area (Å²) in [5.74, 6) is -1.28. The smallest absolute Gasteiger partial charge is 0.315 e. The highest BCUT2D eigenvalue weighted by molar-refractivity contribution is 5.76. The molecule has 0 saturated heterocycles. The first kappa shape index (κ1) is 15.8. The Hall–Kier alpha value is -1.30. The average molecular weight is 272 g/mol. The van der Waals surface area contributed by atoms with Crippen LogP contribution in [0.1, 0.15) is 39.0 Å². The predicted octanol–water partition coefficient (Wildman–Crippen LogP) is 1.36. The van der Waals surface area contributed by atoms with Gasteiger partial charge in [-0.15, -0.1) is 0 Å². The topological polar surface area (TPSA) is 87.7 Å². The van der Waals surface area contributed by atoms with Gasteiger partial charge in [0.1, 0.15) is 0 Å². The van der Waals surface area contributed by atoms with E-state index in [2.05, 4.69) is 17.6 Å². The minimum atomic E-state index is -0.828. The Morgan fingerprint density at radius 3 is 2.79 bits per heavy atom. The Kier molecular flexibility index (Phi) is 7.25. The molecule has 2 atom stereocenters. The molecule has 0 aromatic rings. The van der Waals surface area contributed by atoms with Crippen LogP contribution in [0.25, 0.3) is 0 Å². The lowest BCUT2D eigenvalue weighted by molar-refractivity contribution is -0.142. The molecule has 6 nitrogen and oxygen atoms in total. The van der Waals surface area contributed by atoms with Crippen LogP contribution in [-0.4, -0.2) is 42.9 Å².